The van der Waals surface area contributed by atoms with Crippen molar-refractivity contribution < 1.29 is 17.2 Å². The van der Waals surface area contributed by atoms with Crippen LogP contribution in [-0.2, 0) is 16.4 Å². The summed E-state index contributed by atoms with van der Waals surface area (Å²) in [6.45, 7) is 1.99. The van der Waals surface area contributed by atoms with Gasteiger partial charge in [-0.1, -0.05) is 18.2 Å². The van der Waals surface area contributed by atoms with E-state index in [0.29, 0.717) is 18.8 Å². The number of likely N-dealkylation sites (N-methyl/N-ethyl adjacent to an activating group) is 1. The van der Waals surface area contributed by atoms with Crippen molar-refractivity contribution in [2.24, 2.45) is 0 Å². The Morgan fingerprint density at radius 3 is 2.27 bits per heavy atom. The lowest BCUT2D eigenvalue weighted by molar-refractivity contribution is 0.343. The third-order valence-corrected chi connectivity index (χ3v) is 6.38. The van der Waals surface area contributed by atoms with Crippen molar-refractivity contribution >= 4 is 21.2 Å². The predicted molar refractivity (Wildman–Crippen MR) is 115 cm³/mol. The van der Waals surface area contributed by atoms with Gasteiger partial charge in [-0.3, -0.25) is 0 Å². The molecule has 7 heteroatoms. The molecule has 0 saturated carbocycles. The summed E-state index contributed by atoms with van der Waals surface area (Å²) in [7, 11) is -1.31. The molecule has 1 aliphatic rings. The molecule has 0 aromatic heterocycles. The lowest BCUT2D eigenvalue weighted by Gasteiger charge is -2.25. The third-order valence-electron chi connectivity index (χ3n) is 5.27. The number of benzene rings is 3. The molecule has 3 aromatic carbocycles. The molecule has 156 valence electrons. The molecule has 0 amide bonds. The van der Waals surface area contributed by atoms with Gasteiger partial charge in [-0.15, -0.1) is 0 Å². The fourth-order valence-corrected chi connectivity index (χ4v) is 4.45. The van der Waals surface area contributed by atoms with Crippen LogP contribution in [0.1, 0.15) is 5.56 Å². The molecule has 0 bridgehead atoms. The minimum absolute atomic E-state index is 0.268. The molecule has 0 aliphatic carbocycles. The molecule has 0 spiro atoms. The zero-order valence-electron chi connectivity index (χ0n) is 16.8. The van der Waals surface area contributed by atoms with E-state index in [0.717, 1.165) is 35.0 Å². The highest BCUT2D eigenvalue weighted by molar-refractivity contribution is 7.90. The number of halogens is 2. The average Bonchev–Trinajstić information content (AvgIpc) is 2.84. The van der Waals surface area contributed by atoms with E-state index in [4.69, 9.17) is 0 Å². The van der Waals surface area contributed by atoms with Crippen LogP contribution < -0.4 is 4.90 Å². The van der Waals surface area contributed by atoms with Crippen molar-refractivity contribution in [2.75, 3.05) is 31.3 Å². The molecule has 4 rings (SSSR count). The Kier molecular flexibility index (Phi) is 5.34. The van der Waals surface area contributed by atoms with E-state index in [1.54, 1.807) is 18.2 Å². The van der Waals surface area contributed by atoms with Crippen LogP contribution in [0, 0.1) is 11.6 Å². The molecular weight excluding hydrogens is 406 g/mol. The van der Waals surface area contributed by atoms with Gasteiger partial charge >= 0.3 is 0 Å². The Balaban J connectivity index is 1.80. The van der Waals surface area contributed by atoms with E-state index < -0.39 is 21.5 Å². The van der Waals surface area contributed by atoms with Crippen LogP contribution in [0.15, 0.2) is 65.6 Å². The molecule has 0 fully saturated rings. The Morgan fingerprint density at radius 1 is 0.867 bits per heavy atom. The van der Waals surface area contributed by atoms with E-state index in [1.807, 2.05) is 36.2 Å². The quantitative estimate of drug-likeness (QED) is 0.611. The Morgan fingerprint density at radius 2 is 1.57 bits per heavy atom. The summed E-state index contributed by atoms with van der Waals surface area (Å²) >= 11 is 0. The number of hydrogen-bond donors (Lipinski definition) is 0. The van der Waals surface area contributed by atoms with Gasteiger partial charge in [-0.25, -0.2) is 17.2 Å². The van der Waals surface area contributed by atoms with Gasteiger partial charge in [-0.2, -0.15) is 0 Å². The summed E-state index contributed by atoms with van der Waals surface area (Å²) in [5, 5.41) is 0. The van der Waals surface area contributed by atoms with Crippen molar-refractivity contribution in [3.63, 3.8) is 0 Å². The summed E-state index contributed by atoms with van der Waals surface area (Å²) < 4.78 is 51.5. The molecule has 1 aliphatic heterocycles. The fourth-order valence-electron chi connectivity index (χ4n) is 3.79. The summed E-state index contributed by atoms with van der Waals surface area (Å²) in [6.07, 6.45) is 1.19. The van der Waals surface area contributed by atoms with Crippen molar-refractivity contribution in [3.8, 4) is 11.1 Å². The molecular formula is C23H22F2N2O2S. The predicted octanol–water partition coefficient (Wildman–Crippen LogP) is 4.62. The van der Waals surface area contributed by atoms with Gasteiger partial charge in [0.25, 0.3) is 0 Å². The van der Waals surface area contributed by atoms with Crippen LogP contribution in [0.4, 0.5) is 20.2 Å². The van der Waals surface area contributed by atoms with E-state index in [-0.39, 0.29) is 4.90 Å². The SMILES string of the molecule is CN1CCN(c2cc(F)cc(F)c2)c2ccc(-c3cccc(S(C)(=O)=O)c3)cc2C1. The number of anilines is 2. The highest BCUT2D eigenvalue weighted by atomic mass is 32.2. The number of sulfone groups is 1. The smallest absolute Gasteiger partial charge is 0.175 e. The lowest BCUT2D eigenvalue weighted by Crippen LogP contribution is -2.26. The second kappa shape index (κ2) is 7.81. The molecule has 30 heavy (non-hydrogen) atoms. The van der Waals surface area contributed by atoms with Crippen LogP contribution in [-0.4, -0.2) is 39.7 Å². The molecule has 0 atom stereocenters. The third kappa shape index (κ3) is 4.22. The van der Waals surface area contributed by atoms with Crippen molar-refractivity contribution in [1.82, 2.24) is 4.90 Å². The molecule has 3 aromatic rings. The maximum Gasteiger partial charge on any atom is 0.175 e. The molecule has 4 nitrogen and oxygen atoms in total. The number of nitrogens with zero attached hydrogens (tertiary/aromatic N) is 2. The first-order valence-electron chi connectivity index (χ1n) is 9.56. The van der Waals surface area contributed by atoms with Crippen LogP contribution >= 0.6 is 0 Å². The van der Waals surface area contributed by atoms with Crippen molar-refractivity contribution in [2.45, 2.75) is 11.4 Å². The zero-order chi connectivity index (χ0) is 21.5. The Labute approximate surface area is 175 Å². The largest absolute Gasteiger partial charge is 0.340 e. The van der Waals surface area contributed by atoms with Crippen molar-refractivity contribution in [1.29, 1.82) is 0 Å². The zero-order valence-corrected chi connectivity index (χ0v) is 17.6. The number of rotatable bonds is 3. The Bertz CT molecular complexity index is 1190. The van der Waals surface area contributed by atoms with Gasteiger partial charge in [0.2, 0.25) is 0 Å². The van der Waals surface area contributed by atoms with Crippen LogP contribution in [0.2, 0.25) is 0 Å². The summed E-state index contributed by atoms with van der Waals surface area (Å²) in [6, 6.07) is 16.2. The average molecular weight is 429 g/mol. The first-order chi connectivity index (χ1) is 14.2. The standard InChI is InChI=1S/C23H22F2N2O2S/c1-26-8-9-27(21-13-19(24)12-20(25)14-21)23-7-6-17(10-18(23)15-26)16-4-3-5-22(11-16)30(2,28)29/h3-7,10-14H,8-9,15H2,1-2H3. The van der Waals surface area contributed by atoms with Gasteiger partial charge in [0.1, 0.15) is 11.6 Å². The maximum atomic E-state index is 13.8. The summed E-state index contributed by atoms with van der Waals surface area (Å²) in [4.78, 5) is 4.33. The number of hydrogen-bond acceptors (Lipinski definition) is 4. The fraction of sp³-hybridized carbons (Fsp3) is 0.217. The first-order valence-corrected chi connectivity index (χ1v) is 11.5. The minimum atomic E-state index is -3.31. The summed E-state index contributed by atoms with van der Waals surface area (Å²) in [5.74, 6) is -1.23. The van der Waals surface area contributed by atoms with E-state index >= 15 is 0 Å². The van der Waals surface area contributed by atoms with Crippen molar-refractivity contribution in [3.05, 3.63) is 77.9 Å². The first kappa shape index (κ1) is 20.5. The van der Waals surface area contributed by atoms with E-state index in [1.165, 1.54) is 18.4 Å². The van der Waals surface area contributed by atoms with E-state index in [9.17, 15) is 17.2 Å². The van der Waals surface area contributed by atoms with Gasteiger partial charge in [0.05, 0.1) is 4.90 Å². The summed E-state index contributed by atoms with van der Waals surface area (Å²) in [5.41, 5.74) is 4.04. The highest BCUT2D eigenvalue weighted by Crippen LogP contribution is 2.35. The maximum absolute atomic E-state index is 13.8. The molecule has 0 N–H and O–H groups in total. The van der Waals surface area contributed by atoms with Gasteiger partial charge in [0.15, 0.2) is 9.84 Å². The van der Waals surface area contributed by atoms with Crippen LogP contribution in [0.5, 0.6) is 0 Å². The normalized spacial score (nSPS) is 15.0. The van der Waals surface area contributed by atoms with E-state index in [2.05, 4.69) is 4.90 Å². The van der Waals surface area contributed by atoms with Gasteiger partial charge in [-0.05, 0) is 60.1 Å². The molecule has 0 radical (unpaired) electrons. The number of fused-ring (bicyclic) bond motifs is 1. The monoisotopic (exact) mass is 428 g/mol. The highest BCUT2D eigenvalue weighted by Gasteiger charge is 2.21. The second-order valence-corrected chi connectivity index (χ2v) is 9.68. The Hall–Kier alpha value is -2.77. The van der Waals surface area contributed by atoms with Gasteiger partial charge in [0, 0.05) is 43.3 Å². The minimum Gasteiger partial charge on any atom is -0.340 e. The topological polar surface area (TPSA) is 40.6 Å². The lowest BCUT2D eigenvalue weighted by atomic mass is 10.0. The van der Waals surface area contributed by atoms with Crippen LogP contribution in [0.3, 0.4) is 0 Å². The molecule has 1 heterocycles. The van der Waals surface area contributed by atoms with Gasteiger partial charge < -0.3 is 9.80 Å². The second-order valence-electron chi connectivity index (χ2n) is 7.66. The molecule has 0 unspecified atom stereocenters. The molecule has 0 saturated heterocycles. The van der Waals surface area contributed by atoms with Crippen LogP contribution in [0.25, 0.3) is 11.1 Å².